The Kier molecular flexibility index (Phi) is 9.24. The van der Waals surface area contributed by atoms with Gasteiger partial charge < -0.3 is 15.0 Å². The van der Waals surface area contributed by atoms with Crippen LogP contribution < -0.4 is 10.1 Å². The van der Waals surface area contributed by atoms with Crippen LogP contribution in [0.5, 0.6) is 11.5 Å². The van der Waals surface area contributed by atoms with Crippen LogP contribution in [-0.2, 0) is 17.6 Å². The molecular weight excluding hydrogens is 539 g/mol. The molecule has 3 aromatic heterocycles. The maximum Gasteiger partial charge on any atom is 0.317 e. The Bertz CT molecular complexity index is 1520. The standard InChI is InChI=1S/C32H35FN4O3S/c1-3-14-37(32(39)34-4-2)15-12-22-7-9-26(36-20-22)30-19-27-31(41-30)29(11-13-35-27)40-28-10-8-23(18-25(28)33)17-24(38)16-21-5-6-21/h7-11,13,18-21H,3-6,12,14-17H2,1-2H3,(H,34,39). The number of aromatic nitrogens is 2. The van der Waals surface area contributed by atoms with E-state index in [9.17, 15) is 14.0 Å². The van der Waals surface area contributed by atoms with E-state index in [1.807, 2.05) is 36.2 Å². The molecule has 41 heavy (non-hydrogen) atoms. The summed E-state index contributed by atoms with van der Waals surface area (Å²) in [7, 11) is 0. The highest BCUT2D eigenvalue weighted by Gasteiger charge is 2.24. The van der Waals surface area contributed by atoms with Crippen LogP contribution in [0.2, 0.25) is 0 Å². The van der Waals surface area contributed by atoms with Crippen molar-refractivity contribution in [3.63, 3.8) is 0 Å². The number of ketones is 1. The number of halogens is 1. The summed E-state index contributed by atoms with van der Waals surface area (Å²) in [4.78, 5) is 36.4. The lowest BCUT2D eigenvalue weighted by atomic mass is 10.0. The van der Waals surface area contributed by atoms with Crippen LogP contribution in [0.1, 0.15) is 50.7 Å². The molecule has 1 fully saturated rings. The summed E-state index contributed by atoms with van der Waals surface area (Å²) in [6.45, 7) is 5.93. The lowest BCUT2D eigenvalue weighted by Crippen LogP contribution is -2.41. The van der Waals surface area contributed by atoms with Crippen molar-refractivity contribution in [2.45, 2.75) is 52.4 Å². The number of nitrogens with zero attached hydrogens (tertiary/aromatic N) is 3. The number of benzene rings is 1. The number of Topliss-reactive ketones (excluding diaryl/α,β-unsaturated/α-hetero) is 1. The highest BCUT2D eigenvalue weighted by atomic mass is 32.1. The fraction of sp³-hybridized carbons (Fsp3) is 0.375. The predicted octanol–water partition coefficient (Wildman–Crippen LogP) is 7.19. The molecule has 0 radical (unpaired) electrons. The van der Waals surface area contributed by atoms with Gasteiger partial charge in [0.2, 0.25) is 0 Å². The van der Waals surface area contributed by atoms with Gasteiger partial charge in [0.15, 0.2) is 11.6 Å². The minimum absolute atomic E-state index is 0.0375. The van der Waals surface area contributed by atoms with Gasteiger partial charge in [0.05, 0.1) is 20.8 Å². The lowest BCUT2D eigenvalue weighted by molar-refractivity contribution is -0.118. The maximum absolute atomic E-state index is 14.9. The van der Waals surface area contributed by atoms with Crippen LogP contribution in [0.4, 0.5) is 9.18 Å². The molecule has 4 aromatic rings. The summed E-state index contributed by atoms with van der Waals surface area (Å²) >= 11 is 1.49. The topological polar surface area (TPSA) is 84.4 Å². The molecule has 5 rings (SSSR count). The first kappa shape index (κ1) is 28.7. The fourth-order valence-electron chi connectivity index (χ4n) is 4.75. The second-order valence-corrected chi connectivity index (χ2v) is 11.5. The monoisotopic (exact) mass is 574 g/mol. The number of urea groups is 1. The van der Waals surface area contributed by atoms with E-state index in [1.165, 1.54) is 17.4 Å². The molecule has 9 heteroatoms. The molecule has 2 amide bonds. The Hall–Kier alpha value is -3.85. The van der Waals surface area contributed by atoms with Crippen molar-refractivity contribution in [2.24, 2.45) is 5.92 Å². The molecule has 1 saturated carbocycles. The maximum atomic E-state index is 14.9. The number of carbonyl (C=O) groups excluding carboxylic acids is 2. The van der Waals surface area contributed by atoms with E-state index in [1.54, 1.807) is 24.4 Å². The molecule has 1 aliphatic carbocycles. The molecule has 0 spiro atoms. The van der Waals surface area contributed by atoms with Gasteiger partial charge in [-0.3, -0.25) is 14.8 Å². The molecule has 1 N–H and O–H groups in total. The van der Waals surface area contributed by atoms with Gasteiger partial charge in [-0.05, 0) is 73.9 Å². The molecule has 0 aliphatic heterocycles. The van der Waals surface area contributed by atoms with Crippen molar-refractivity contribution in [1.82, 2.24) is 20.2 Å². The Morgan fingerprint density at radius 2 is 1.88 bits per heavy atom. The first-order valence-corrected chi connectivity index (χ1v) is 15.1. The number of hydrogen-bond donors (Lipinski definition) is 1. The third-order valence-corrected chi connectivity index (χ3v) is 8.22. The molecule has 0 unspecified atom stereocenters. The number of carbonyl (C=O) groups is 2. The average molecular weight is 575 g/mol. The molecular formula is C32H35FN4O3S. The van der Waals surface area contributed by atoms with Crippen molar-refractivity contribution in [2.75, 3.05) is 19.6 Å². The molecule has 1 aromatic carbocycles. The number of nitrogens with one attached hydrogen (secondary N) is 1. The second kappa shape index (κ2) is 13.2. The smallest absolute Gasteiger partial charge is 0.317 e. The van der Waals surface area contributed by atoms with Crippen molar-refractivity contribution in [3.8, 4) is 22.1 Å². The normalized spacial score (nSPS) is 12.9. The first-order valence-electron chi connectivity index (χ1n) is 14.3. The van der Waals surface area contributed by atoms with E-state index in [-0.39, 0.29) is 24.0 Å². The van der Waals surface area contributed by atoms with E-state index in [0.29, 0.717) is 43.3 Å². The fourth-order valence-corrected chi connectivity index (χ4v) is 5.79. The van der Waals surface area contributed by atoms with Gasteiger partial charge >= 0.3 is 6.03 Å². The number of fused-ring (bicyclic) bond motifs is 1. The van der Waals surface area contributed by atoms with E-state index >= 15 is 0 Å². The van der Waals surface area contributed by atoms with Gasteiger partial charge in [-0.1, -0.05) is 19.1 Å². The first-order chi connectivity index (χ1) is 19.9. The molecule has 3 heterocycles. The highest BCUT2D eigenvalue weighted by Crippen LogP contribution is 2.39. The van der Waals surface area contributed by atoms with E-state index in [4.69, 9.17) is 4.74 Å². The van der Waals surface area contributed by atoms with Crippen molar-refractivity contribution in [1.29, 1.82) is 0 Å². The summed E-state index contributed by atoms with van der Waals surface area (Å²) < 4.78 is 21.7. The Morgan fingerprint density at radius 1 is 1.05 bits per heavy atom. The molecule has 0 bridgehead atoms. The van der Waals surface area contributed by atoms with Gasteiger partial charge in [-0.25, -0.2) is 9.18 Å². The molecule has 0 atom stereocenters. The zero-order chi connectivity index (χ0) is 28.8. The van der Waals surface area contributed by atoms with Crippen LogP contribution in [0.15, 0.2) is 54.9 Å². The van der Waals surface area contributed by atoms with E-state index < -0.39 is 5.82 Å². The second-order valence-electron chi connectivity index (χ2n) is 10.5. The Balaban J connectivity index is 1.26. The van der Waals surface area contributed by atoms with Crippen LogP contribution in [0, 0.1) is 11.7 Å². The zero-order valence-corrected chi connectivity index (χ0v) is 24.3. The lowest BCUT2D eigenvalue weighted by Gasteiger charge is -2.22. The minimum Gasteiger partial charge on any atom is -0.453 e. The Labute approximate surface area is 243 Å². The summed E-state index contributed by atoms with van der Waals surface area (Å²) in [5, 5.41) is 2.87. The number of hydrogen-bond acceptors (Lipinski definition) is 6. The van der Waals surface area contributed by atoms with Crippen LogP contribution in [-0.4, -0.2) is 46.3 Å². The highest BCUT2D eigenvalue weighted by molar-refractivity contribution is 7.22. The van der Waals surface area contributed by atoms with Gasteiger partial charge in [0.25, 0.3) is 0 Å². The SMILES string of the molecule is CCCN(CCc1ccc(-c2cc3nccc(Oc4ccc(CC(=O)CC5CC5)cc4F)c3s2)nc1)C(=O)NCC. The largest absolute Gasteiger partial charge is 0.453 e. The van der Waals surface area contributed by atoms with Gasteiger partial charge in [-0.15, -0.1) is 11.3 Å². The third kappa shape index (κ3) is 7.47. The van der Waals surface area contributed by atoms with E-state index in [2.05, 4.69) is 22.2 Å². The van der Waals surface area contributed by atoms with Gasteiger partial charge in [-0.2, -0.15) is 0 Å². The van der Waals surface area contributed by atoms with Gasteiger partial charge in [0, 0.05) is 50.9 Å². The summed E-state index contributed by atoms with van der Waals surface area (Å²) in [5.74, 6) is 0.806. The zero-order valence-electron chi connectivity index (χ0n) is 23.5. The molecule has 214 valence electrons. The number of rotatable bonds is 13. The summed E-state index contributed by atoms with van der Waals surface area (Å²) in [5.41, 5.74) is 3.27. The molecule has 1 aliphatic rings. The quantitative estimate of drug-likeness (QED) is 0.183. The van der Waals surface area contributed by atoms with Crippen LogP contribution in [0.25, 0.3) is 20.8 Å². The minimum atomic E-state index is -0.495. The van der Waals surface area contributed by atoms with Crippen molar-refractivity contribution >= 4 is 33.4 Å². The number of ether oxygens (including phenoxy) is 1. The Morgan fingerprint density at radius 3 is 2.59 bits per heavy atom. The molecule has 0 saturated heterocycles. The number of pyridine rings is 2. The number of thiophene rings is 1. The summed E-state index contributed by atoms with van der Waals surface area (Å²) in [6, 6.07) is 12.4. The summed E-state index contributed by atoms with van der Waals surface area (Å²) in [6.07, 6.45) is 8.19. The van der Waals surface area contributed by atoms with Crippen molar-refractivity contribution in [3.05, 3.63) is 71.8 Å². The predicted molar refractivity (Wildman–Crippen MR) is 160 cm³/mol. The van der Waals surface area contributed by atoms with Crippen molar-refractivity contribution < 1.29 is 18.7 Å². The van der Waals surface area contributed by atoms with Crippen LogP contribution >= 0.6 is 11.3 Å². The number of amides is 2. The molecule has 7 nitrogen and oxygen atoms in total. The van der Waals surface area contributed by atoms with Crippen LogP contribution in [0.3, 0.4) is 0 Å². The van der Waals surface area contributed by atoms with E-state index in [0.717, 1.165) is 52.0 Å². The average Bonchev–Trinajstić information content (AvgIpc) is 3.66. The van der Waals surface area contributed by atoms with Gasteiger partial charge in [0.1, 0.15) is 11.5 Å². The third-order valence-electron chi connectivity index (χ3n) is 7.06.